The second kappa shape index (κ2) is 14.0. The van der Waals surface area contributed by atoms with Gasteiger partial charge in [-0.05, 0) is 127 Å². The van der Waals surface area contributed by atoms with Crippen molar-refractivity contribution in [3.8, 4) is 28.4 Å². The summed E-state index contributed by atoms with van der Waals surface area (Å²) in [5.41, 5.74) is 18.1. The van der Waals surface area contributed by atoms with Gasteiger partial charge in [-0.2, -0.15) is 0 Å². The Morgan fingerprint density at radius 2 is 1.03 bits per heavy atom. The van der Waals surface area contributed by atoms with E-state index in [1.165, 1.54) is 77.9 Å². The lowest BCUT2D eigenvalue weighted by atomic mass is 9.70. The van der Waals surface area contributed by atoms with Crippen LogP contribution in [0.5, 0.6) is 11.5 Å². The first-order valence-corrected chi connectivity index (χ1v) is 23.5. The number of anilines is 4. The van der Waals surface area contributed by atoms with Crippen molar-refractivity contribution in [3.05, 3.63) is 203 Å². The second-order valence-electron chi connectivity index (χ2n) is 21.7. The van der Waals surface area contributed by atoms with Crippen LogP contribution in [0, 0.1) is 0 Å². The number of fused-ring (bicyclic) bond motifs is 8. The number of hydrogen-bond donors (Lipinski definition) is 0. The third kappa shape index (κ3) is 5.88. The number of para-hydroxylation sites is 2. The van der Waals surface area contributed by atoms with Gasteiger partial charge in [0.15, 0.2) is 0 Å². The molecule has 3 aliphatic rings. The first-order valence-electron chi connectivity index (χ1n) is 23.5. The highest BCUT2D eigenvalue weighted by Gasteiger charge is 2.52. The zero-order chi connectivity index (χ0) is 45.5. The molecule has 7 aromatic carbocycles. The highest BCUT2D eigenvalue weighted by molar-refractivity contribution is 6.19. The minimum atomic E-state index is -0.503. The van der Waals surface area contributed by atoms with Gasteiger partial charge in [-0.1, -0.05) is 147 Å². The first-order chi connectivity index (χ1) is 31.6. The molecule has 0 radical (unpaired) electrons. The second-order valence-corrected chi connectivity index (χ2v) is 21.7. The van der Waals surface area contributed by atoms with Crippen molar-refractivity contribution in [3.63, 3.8) is 0 Å². The van der Waals surface area contributed by atoms with Crippen LogP contribution in [0.25, 0.3) is 38.8 Å². The summed E-state index contributed by atoms with van der Waals surface area (Å²) in [6.07, 6.45) is 1.96. The van der Waals surface area contributed by atoms with Gasteiger partial charge in [-0.15, -0.1) is 0 Å². The van der Waals surface area contributed by atoms with E-state index in [4.69, 9.17) is 9.72 Å². The molecule has 326 valence electrons. The minimum Gasteiger partial charge on any atom is -0.457 e. The van der Waals surface area contributed by atoms with Crippen molar-refractivity contribution < 1.29 is 4.74 Å². The molecule has 0 fully saturated rings. The smallest absolute Gasteiger partial charge is 0.137 e. The van der Waals surface area contributed by atoms with E-state index >= 15 is 0 Å². The van der Waals surface area contributed by atoms with Crippen molar-refractivity contribution in [1.82, 2.24) is 9.55 Å². The van der Waals surface area contributed by atoms with E-state index in [2.05, 4.69) is 234 Å². The molecule has 0 bridgehead atoms. The van der Waals surface area contributed by atoms with E-state index in [-0.39, 0.29) is 16.2 Å². The van der Waals surface area contributed by atoms with Crippen LogP contribution in [-0.4, -0.2) is 16.2 Å². The van der Waals surface area contributed by atoms with E-state index in [1.807, 2.05) is 6.20 Å². The Kier molecular flexibility index (Phi) is 8.54. The van der Waals surface area contributed by atoms with Gasteiger partial charge in [-0.25, -0.2) is 4.98 Å². The molecule has 5 heteroatoms. The molecule has 2 aromatic heterocycles. The van der Waals surface area contributed by atoms with Crippen molar-refractivity contribution >= 4 is 44.6 Å². The summed E-state index contributed by atoms with van der Waals surface area (Å²) in [7, 11) is 0. The molecule has 0 saturated carbocycles. The highest BCUT2D eigenvalue weighted by atomic mass is 16.5. The van der Waals surface area contributed by atoms with Gasteiger partial charge in [0.05, 0.1) is 27.8 Å². The SMILES string of the molecule is CC(C)(C)c1cc(N2CN(c3cccc(Oc4cc5c6c7c(cccc7n(-c7cc(C(C)(C)C)ccn7)c6c4)C54c5ccccc5-c5ccccc54)c3)c3ccccc32)cc(C(C)(C)C)c1. The average molecular weight is 861 g/mol. The number of benzene rings is 7. The molecule has 9 aromatic rings. The molecule has 0 N–H and O–H groups in total. The number of pyridine rings is 1. The standard InChI is InChI=1S/C61H56N4O/c1-58(2,3)38-28-29-62-55(33-38)65-53-27-17-24-49-56(53)57-50(61(49)47-22-12-10-20-45(47)46-21-11-13-23-48(46)61)35-44(36-54(57)65)66-43-19-16-18-41(34-43)63-37-64(52-26-15-14-25-51(52)63)42-31-39(59(4,5)6)30-40(32-42)60(7,8)9/h10-36H,37H2,1-9H3. The zero-order valence-electron chi connectivity index (χ0n) is 39.5. The summed E-state index contributed by atoms with van der Waals surface area (Å²) < 4.78 is 9.56. The molecular formula is C61H56N4O. The molecule has 66 heavy (non-hydrogen) atoms. The van der Waals surface area contributed by atoms with Crippen LogP contribution in [0.2, 0.25) is 0 Å². The van der Waals surface area contributed by atoms with Crippen LogP contribution in [0.15, 0.2) is 164 Å². The van der Waals surface area contributed by atoms with Gasteiger partial charge < -0.3 is 14.5 Å². The fourth-order valence-corrected chi connectivity index (χ4v) is 11.2. The molecule has 3 heterocycles. The lowest BCUT2D eigenvalue weighted by Crippen LogP contribution is -2.26. The maximum atomic E-state index is 7.19. The molecule has 0 unspecified atom stereocenters. The van der Waals surface area contributed by atoms with E-state index in [0.717, 1.165) is 34.0 Å². The summed E-state index contributed by atoms with van der Waals surface area (Å²) in [6.45, 7) is 21.3. The Morgan fingerprint density at radius 3 is 1.68 bits per heavy atom. The highest BCUT2D eigenvalue weighted by Crippen LogP contribution is 2.63. The Hall–Kier alpha value is -7.11. The number of nitrogens with zero attached hydrogens (tertiary/aromatic N) is 4. The normalized spacial score (nSPS) is 14.7. The van der Waals surface area contributed by atoms with Crippen LogP contribution in [-0.2, 0) is 21.7 Å². The van der Waals surface area contributed by atoms with Crippen molar-refractivity contribution in [2.24, 2.45) is 0 Å². The van der Waals surface area contributed by atoms with E-state index in [9.17, 15) is 0 Å². The quantitative estimate of drug-likeness (QED) is 0.173. The van der Waals surface area contributed by atoms with Gasteiger partial charge in [0.1, 0.15) is 24.0 Å². The number of rotatable bonds is 5. The molecule has 1 aliphatic heterocycles. The van der Waals surface area contributed by atoms with Gasteiger partial charge in [0.2, 0.25) is 0 Å². The van der Waals surface area contributed by atoms with Gasteiger partial charge >= 0.3 is 0 Å². The largest absolute Gasteiger partial charge is 0.457 e. The Labute approximate surface area is 389 Å². The molecular weight excluding hydrogens is 805 g/mol. The number of aromatic nitrogens is 2. The topological polar surface area (TPSA) is 33.5 Å². The van der Waals surface area contributed by atoms with E-state index in [1.54, 1.807) is 0 Å². The molecule has 12 rings (SSSR count). The molecule has 0 amide bonds. The Morgan fingerprint density at radius 1 is 0.455 bits per heavy atom. The van der Waals surface area contributed by atoms with Crippen LogP contribution in [0.3, 0.4) is 0 Å². The van der Waals surface area contributed by atoms with Crippen molar-refractivity contribution in [2.45, 2.75) is 84.0 Å². The van der Waals surface area contributed by atoms with Crippen LogP contribution >= 0.6 is 0 Å². The Bertz CT molecular complexity index is 3380. The zero-order valence-corrected chi connectivity index (χ0v) is 39.5. The van der Waals surface area contributed by atoms with Gasteiger partial charge in [0, 0.05) is 40.5 Å². The fraction of sp³-hybridized carbons (Fsp3) is 0.230. The maximum Gasteiger partial charge on any atom is 0.137 e. The number of ether oxygens (including phenoxy) is 1. The lowest BCUT2D eigenvalue weighted by molar-refractivity contribution is 0.482. The number of hydrogen-bond acceptors (Lipinski definition) is 4. The van der Waals surface area contributed by atoms with Crippen molar-refractivity contribution in [2.75, 3.05) is 16.5 Å². The maximum absolute atomic E-state index is 7.19. The average Bonchev–Trinajstić information content (AvgIpc) is 4.02. The summed E-state index contributed by atoms with van der Waals surface area (Å²) in [5, 5.41) is 2.54. The third-order valence-electron chi connectivity index (χ3n) is 14.5. The van der Waals surface area contributed by atoms with E-state index in [0.29, 0.717) is 6.67 Å². The van der Waals surface area contributed by atoms with Crippen LogP contribution in [0.4, 0.5) is 22.7 Å². The monoisotopic (exact) mass is 860 g/mol. The third-order valence-corrected chi connectivity index (χ3v) is 14.5. The summed E-state index contributed by atoms with van der Waals surface area (Å²) in [5.74, 6) is 2.49. The van der Waals surface area contributed by atoms with Crippen molar-refractivity contribution in [1.29, 1.82) is 0 Å². The predicted octanol–water partition coefficient (Wildman–Crippen LogP) is 15.8. The first kappa shape index (κ1) is 40.4. The summed E-state index contributed by atoms with van der Waals surface area (Å²) in [4.78, 5) is 9.95. The lowest BCUT2D eigenvalue weighted by Gasteiger charge is -2.32. The summed E-state index contributed by atoms with van der Waals surface area (Å²) >= 11 is 0. The summed E-state index contributed by atoms with van der Waals surface area (Å²) in [6, 6.07) is 58.4. The van der Waals surface area contributed by atoms with Crippen LogP contribution < -0.4 is 14.5 Å². The predicted molar refractivity (Wildman–Crippen MR) is 274 cm³/mol. The Balaban J connectivity index is 1.01. The van der Waals surface area contributed by atoms with Gasteiger partial charge in [-0.3, -0.25) is 4.57 Å². The minimum absolute atomic E-state index is 0.0103. The fourth-order valence-electron chi connectivity index (χ4n) is 11.2. The molecule has 1 spiro atoms. The van der Waals surface area contributed by atoms with Gasteiger partial charge in [0.25, 0.3) is 0 Å². The molecule has 5 nitrogen and oxygen atoms in total. The van der Waals surface area contributed by atoms with E-state index < -0.39 is 5.41 Å². The molecule has 2 aliphatic carbocycles. The van der Waals surface area contributed by atoms with Crippen LogP contribution in [0.1, 0.15) is 101 Å². The molecule has 0 saturated heterocycles. The molecule has 0 atom stereocenters.